The molecule has 0 aromatic heterocycles. The smallest absolute Gasteiger partial charge is 0.164 e. The number of hydrogen-bond acceptors (Lipinski definition) is 3. The van der Waals surface area contributed by atoms with Crippen LogP contribution in [0.25, 0.3) is 0 Å². The average molecular weight is 378 g/mol. The molecule has 0 heterocycles. The first-order chi connectivity index (χ1) is 13.7. The van der Waals surface area contributed by atoms with E-state index in [0.29, 0.717) is 17.5 Å². The van der Waals surface area contributed by atoms with Crippen LogP contribution in [0, 0.1) is 0 Å². The number of hydrogen-bond donors (Lipinski definition) is 1. The molecule has 2 N–H and O–H groups in total. The van der Waals surface area contributed by atoms with Gasteiger partial charge in [-0.15, -0.1) is 0 Å². The molecule has 0 aliphatic heterocycles. The molecule has 0 aliphatic rings. The molecule has 0 fully saturated rings. The second-order valence-corrected chi connectivity index (χ2v) is 6.67. The SMILES string of the molecule is COc1cc(OC)c(OC)cc1C[NH2+][C@H](Cc1ccccc1)c1ccccc1. The highest BCUT2D eigenvalue weighted by molar-refractivity contribution is 5.50. The van der Waals surface area contributed by atoms with Crippen LogP contribution in [0.1, 0.15) is 22.7 Å². The van der Waals surface area contributed by atoms with Gasteiger partial charge in [-0.1, -0.05) is 60.7 Å². The van der Waals surface area contributed by atoms with Gasteiger partial charge in [0.05, 0.1) is 26.9 Å². The fraction of sp³-hybridized carbons (Fsp3) is 0.250. The number of quaternary nitrogens is 1. The number of methoxy groups -OCH3 is 3. The minimum absolute atomic E-state index is 0.307. The molecule has 3 aromatic carbocycles. The quantitative estimate of drug-likeness (QED) is 0.617. The summed E-state index contributed by atoms with van der Waals surface area (Å²) in [4.78, 5) is 0. The van der Waals surface area contributed by atoms with Gasteiger partial charge in [0, 0.05) is 18.1 Å². The van der Waals surface area contributed by atoms with E-state index in [-0.39, 0.29) is 0 Å². The Morgan fingerprint density at radius 1 is 0.714 bits per heavy atom. The van der Waals surface area contributed by atoms with Crippen molar-refractivity contribution in [3.63, 3.8) is 0 Å². The predicted molar refractivity (Wildman–Crippen MR) is 111 cm³/mol. The number of nitrogens with two attached hydrogens (primary N) is 1. The Morgan fingerprint density at radius 3 is 1.89 bits per heavy atom. The fourth-order valence-electron chi connectivity index (χ4n) is 3.43. The van der Waals surface area contributed by atoms with Gasteiger partial charge < -0.3 is 19.5 Å². The molecule has 0 unspecified atom stereocenters. The maximum atomic E-state index is 5.59. The summed E-state index contributed by atoms with van der Waals surface area (Å²) in [5, 5.41) is 2.35. The van der Waals surface area contributed by atoms with Gasteiger partial charge >= 0.3 is 0 Å². The maximum absolute atomic E-state index is 5.59. The van der Waals surface area contributed by atoms with E-state index >= 15 is 0 Å². The lowest BCUT2D eigenvalue weighted by Gasteiger charge is -2.18. The molecule has 0 spiro atoms. The monoisotopic (exact) mass is 378 g/mol. The van der Waals surface area contributed by atoms with Crippen molar-refractivity contribution in [1.82, 2.24) is 0 Å². The van der Waals surface area contributed by atoms with Crippen LogP contribution in [0.3, 0.4) is 0 Å². The van der Waals surface area contributed by atoms with Crippen molar-refractivity contribution in [2.45, 2.75) is 19.0 Å². The summed E-state index contributed by atoms with van der Waals surface area (Å²) in [6.07, 6.45) is 0.959. The van der Waals surface area contributed by atoms with Gasteiger partial charge in [0.2, 0.25) is 0 Å². The van der Waals surface area contributed by atoms with Crippen LogP contribution in [0.15, 0.2) is 72.8 Å². The molecule has 3 rings (SSSR count). The molecule has 4 nitrogen and oxygen atoms in total. The second kappa shape index (κ2) is 9.81. The van der Waals surface area contributed by atoms with Crippen molar-refractivity contribution in [3.8, 4) is 17.2 Å². The Balaban J connectivity index is 1.83. The Bertz CT molecular complexity index is 866. The van der Waals surface area contributed by atoms with Crippen molar-refractivity contribution in [2.24, 2.45) is 0 Å². The highest BCUT2D eigenvalue weighted by Crippen LogP contribution is 2.34. The van der Waals surface area contributed by atoms with E-state index in [1.54, 1.807) is 21.3 Å². The van der Waals surface area contributed by atoms with Crippen LogP contribution in [0.5, 0.6) is 17.2 Å². The van der Waals surface area contributed by atoms with E-state index in [4.69, 9.17) is 14.2 Å². The maximum Gasteiger partial charge on any atom is 0.164 e. The number of rotatable bonds is 9. The van der Waals surface area contributed by atoms with Crippen molar-refractivity contribution in [2.75, 3.05) is 21.3 Å². The van der Waals surface area contributed by atoms with Crippen LogP contribution >= 0.6 is 0 Å². The van der Waals surface area contributed by atoms with Gasteiger partial charge in [0.1, 0.15) is 18.3 Å². The summed E-state index contributed by atoms with van der Waals surface area (Å²) in [6.45, 7) is 0.774. The largest absolute Gasteiger partial charge is 0.496 e. The molecule has 0 saturated heterocycles. The lowest BCUT2D eigenvalue weighted by atomic mass is 9.98. The van der Waals surface area contributed by atoms with Crippen molar-refractivity contribution < 1.29 is 19.5 Å². The summed E-state index contributed by atoms with van der Waals surface area (Å²) in [5.41, 5.74) is 3.71. The van der Waals surface area contributed by atoms with E-state index in [1.807, 2.05) is 12.1 Å². The lowest BCUT2D eigenvalue weighted by molar-refractivity contribution is -0.711. The summed E-state index contributed by atoms with van der Waals surface area (Å²) in [7, 11) is 4.97. The first kappa shape index (κ1) is 19.8. The molecule has 0 bridgehead atoms. The average Bonchev–Trinajstić information content (AvgIpc) is 2.77. The van der Waals surface area contributed by atoms with Crippen LogP contribution in [0.2, 0.25) is 0 Å². The lowest BCUT2D eigenvalue weighted by Crippen LogP contribution is -2.84. The third kappa shape index (κ3) is 4.84. The number of ether oxygens (including phenoxy) is 3. The fourth-order valence-corrected chi connectivity index (χ4v) is 3.43. The highest BCUT2D eigenvalue weighted by atomic mass is 16.5. The first-order valence-electron chi connectivity index (χ1n) is 9.46. The molecule has 146 valence electrons. The molecule has 0 aliphatic carbocycles. The normalized spacial score (nSPS) is 11.7. The van der Waals surface area contributed by atoms with Crippen LogP contribution < -0.4 is 19.5 Å². The zero-order valence-electron chi connectivity index (χ0n) is 16.7. The van der Waals surface area contributed by atoms with Crippen molar-refractivity contribution in [1.29, 1.82) is 0 Å². The van der Waals surface area contributed by atoms with E-state index in [0.717, 1.165) is 24.3 Å². The van der Waals surface area contributed by atoms with Crippen molar-refractivity contribution in [3.05, 3.63) is 89.5 Å². The van der Waals surface area contributed by atoms with E-state index in [1.165, 1.54) is 11.1 Å². The molecule has 1 atom stereocenters. The summed E-state index contributed by atoms with van der Waals surface area (Å²) in [6, 6.07) is 25.4. The van der Waals surface area contributed by atoms with Gasteiger partial charge in [0.25, 0.3) is 0 Å². The third-order valence-corrected chi connectivity index (χ3v) is 4.94. The van der Waals surface area contributed by atoms with Gasteiger partial charge in [0.15, 0.2) is 11.5 Å². The minimum Gasteiger partial charge on any atom is -0.496 e. The van der Waals surface area contributed by atoms with Crippen LogP contribution in [-0.2, 0) is 13.0 Å². The Hall–Kier alpha value is -2.98. The van der Waals surface area contributed by atoms with Crippen LogP contribution in [0.4, 0.5) is 0 Å². The minimum atomic E-state index is 0.307. The topological polar surface area (TPSA) is 44.3 Å². The number of benzene rings is 3. The zero-order chi connectivity index (χ0) is 19.8. The molecule has 3 aromatic rings. The standard InChI is InChI=1S/C24H27NO3/c1-26-22-16-24(28-3)23(27-2)15-20(22)17-25-21(19-12-8-5-9-13-19)14-18-10-6-4-7-11-18/h4-13,15-16,21,25H,14,17H2,1-3H3/p+1/t21-/m1/s1. The predicted octanol–water partition coefficient (Wildman–Crippen LogP) is 3.76. The summed E-state index contributed by atoms with van der Waals surface area (Å²) < 4.78 is 16.4. The Labute approximate surface area is 167 Å². The molecule has 4 heteroatoms. The van der Waals surface area contributed by atoms with Crippen LogP contribution in [-0.4, -0.2) is 21.3 Å². The molecule has 0 amide bonds. The van der Waals surface area contributed by atoms with E-state index < -0.39 is 0 Å². The second-order valence-electron chi connectivity index (χ2n) is 6.67. The molecular weight excluding hydrogens is 350 g/mol. The van der Waals surface area contributed by atoms with Gasteiger partial charge in [-0.3, -0.25) is 0 Å². The Kier molecular flexibility index (Phi) is 6.93. The van der Waals surface area contributed by atoms with Gasteiger partial charge in [-0.2, -0.15) is 0 Å². The first-order valence-corrected chi connectivity index (χ1v) is 9.46. The summed E-state index contributed by atoms with van der Waals surface area (Å²) >= 11 is 0. The third-order valence-electron chi connectivity index (χ3n) is 4.94. The Morgan fingerprint density at radius 2 is 1.29 bits per heavy atom. The molecular formula is C24H28NO3+. The van der Waals surface area contributed by atoms with E-state index in [2.05, 4.69) is 66.0 Å². The zero-order valence-corrected chi connectivity index (χ0v) is 16.7. The molecule has 0 saturated carbocycles. The summed E-state index contributed by atoms with van der Waals surface area (Å²) in [5.74, 6) is 2.19. The van der Waals surface area contributed by atoms with Gasteiger partial charge in [-0.05, 0) is 11.6 Å². The van der Waals surface area contributed by atoms with E-state index in [9.17, 15) is 0 Å². The highest BCUT2D eigenvalue weighted by Gasteiger charge is 2.18. The molecule has 0 radical (unpaired) electrons. The van der Waals surface area contributed by atoms with Crippen molar-refractivity contribution >= 4 is 0 Å². The van der Waals surface area contributed by atoms with Gasteiger partial charge in [-0.25, -0.2) is 0 Å². The molecule has 28 heavy (non-hydrogen) atoms.